The van der Waals surface area contributed by atoms with Gasteiger partial charge < -0.3 is 20.1 Å². The summed E-state index contributed by atoms with van der Waals surface area (Å²) in [5, 5.41) is 5.85. The van der Waals surface area contributed by atoms with E-state index in [1.54, 1.807) is 24.3 Å². The summed E-state index contributed by atoms with van der Waals surface area (Å²) < 4.78 is 11.5. The fraction of sp³-hybridized carbons (Fsp3) is 0.333. The predicted molar refractivity (Wildman–Crippen MR) is 107 cm³/mol. The molecule has 0 aliphatic carbocycles. The van der Waals surface area contributed by atoms with Crippen molar-refractivity contribution in [2.45, 2.75) is 32.9 Å². The van der Waals surface area contributed by atoms with E-state index in [0.29, 0.717) is 17.2 Å². The lowest BCUT2D eigenvalue weighted by atomic mass is 10.1. The van der Waals surface area contributed by atoms with Crippen molar-refractivity contribution in [3.63, 3.8) is 0 Å². The molecular formula is C21H23ClN2O4. The number of nitrogens with one attached hydrogen (secondary N) is 2. The van der Waals surface area contributed by atoms with Crippen LogP contribution in [0.3, 0.4) is 0 Å². The number of benzene rings is 2. The van der Waals surface area contributed by atoms with Crippen LogP contribution in [0.2, 0.25) is 5.02 Å². The lowest BCUT2D eigenvalue weighted by Crippen LogP contribution is -2.36. The summed E-state index contributed by atoms with van der Waals surface area (Å²) in [5.41, 5.74) is 2.35. The van der Waals surface area contributed by atoms with E-state index in [1.165, 1.54) is 0 Å². The average molecular weight is 403 g/mol. The SMILES string of the molecule is CCOc1cc2c(cc1CNC(=O)CNC(=O)c1cccc(Cl)c1)O[C@H](C)C2. The van der Waals surface area contributed by atoms with Gasteiger partial charge in [-0.25, -0.2) is 0 Å². The van der Waals surface area contributed by atoms with Gasteiger partial charge in [0.1, 0.15) is 17.6 Å². The number of carbonyl (C=O) groups is 2. The first-order valence-corrected chi connectivity index (χ1v) is 9.59. The summed E-state index contributed by atoms with van der Waals surface area (Å²) in [4.78, 5) is 24.2. The monoisotopic (exact) mass is 402 g/mol. The molecule has 0 saturated heterocycles. The van der Waals surface area contributed by atoms with Crippen molar-refractivity contribution < 1.29 is 19.1 Å². The molecule has 1 aliphatic heterocycles. The molecule has 148 valence electrons. The van der Waals surface area contributed by atoms with E-state index < -0.39 is 0 Å². The van der Waals surface area contributed by atoms with Gasteiger partial charge in [0, 0.05) is 34.7 Å². The van der Waals surface area contributed by atoms with Gasteiger partial charge >= 0.3 is 0 Å². The van der Waals surface area contributed by atoms with Gasteiger partial charge in [0.05, 0.1) is 13.2 Å². The Morgan fingerprint density at radius 1 is 1.25 bits per heavy atom. The number of halogens is 1. The van der Waals surface area contributed by atoms with Gasteiger partial charge in [-0.1, -0.05) is 17.7 Å². The smallest absolute Gasteiger partial charge is 0.251 e. The Labute approximate surface area is 169 Å². The number of rotatable bonds is 7. The van der Waals surface area contributed by atoms with E-state index in [0.717, 1.165) is 29.0 Å². The predicted octanol–water partition coefficient (Wildman–Crippen LogP) is 3.11. The van der Waals surface area contributed by atoms with E-state index in [-0.39, 0.29) is 31.0 Å². The standard InChI is InChI=1S/C21H23ClN2O4/c1-3-27-18-9-15-7-13(2)28-19(15)10-16(18)11-23-20(25)12-24-21(26)14-5-4-6-17(22)8-14/h4-6,8-10,13H,3,7,11-12H2,1-2H3,(H,23,25)(H,24,26)/t13-/m1/s1. The third kappa shape index (κ3) is 4.95. The molecule has 6 nitrogen and oxygen atoms in total. The van der Waals surface area contributed by atoms with Crippen LogP contribution < -0.4 is 20.1 Å². The van der Waals surface area contributed by atoms with Crippen molar-refractivity contribution in [3.8, 4) is 11.5 Å². The first-order valence-electron chi connectivity index (χ1n) is 9.22. The van der Waals surface area contributed by atoms with E-state index in [4.69, 9.17) is 21.1 Å². The Kier molecular flexibility index (Phi) is 6.41. The molecule has 0 unspecified atom stereocenters. The fourth-order valence-electron chi connectivity index (χ4n) is 3.06. The largest absolute Gasteiger partial charge is 0.494 e. The molecule has 2 N–H and O–H groups in total. The quantitative estimate of drug-likeness (QED) is 0.746. The van der Waals surface area contributed by atoms with Crippen molar-refractivity contribution >= 4 is 23.4 Å². The fourth-order valence-corrected chi connectivity index (χ4v) is 3.25. The second kappa shape index (κ2) is 8.97. The maximum Gasteiger partial charge on any atom is 0.251 e. The van der Waals surface area contributed by atoms with Crippen LogP contribution in [0.1, 0.15) is 35.3 Å². The first kappa shape index (κ1) is 20.0. The topological polar surface area (TPSA) is 76.7 Å². The Morgan fingerprint density at radius 2 is 2.07 bits per heavy atom. The van der Waals surface area contributed by atoms with E-state index in [1.807, 2.05) is 26.0 Å². The summed E-state index contributed by atoms with van der Waals surface area (Å²) in [5.74, 6) is 0.914. The molecule has 1 atom stereocenters. The molecule has 0 radical (unpaired) electrons. The highest BCUT2D eigenvalue weighted by molar-refractivity contribution is 6.30. The number of hydrogen-bond acceptors (Lipinski definition) is 4. The first-order chi connectivity index (χ1) is 13.5. The van der Waals surface area contributed by atoms with Gasteiger partial charge in [0.25, 0.3) is 5.91 Å². The van der Waals surface area contributed by atoms with Crippen LogP contribution in [-0.2, 0) is 17.8 Å². The van der Waals surface area contributed by atoms with Gasteiger partial charge in [0.2, 0.25) is 5.91 Å². The van der Waals surface area contributed by atoms with Crippen molar-refractivity contribution in [2.24, 2.45) is 0 Å². The van der Waals surface area contributed by atoms with E-state index >= 15 is 0 Å². The zero-order valence-electron chi connectivity index (χ0n) is 15.9. The Balaban J connectivity index is 1.57. The Morgan fingerprint density at radius 3 is 2.82 bits per heavy atom. The minimum Gasteiger partial charge on any atom is -0.494 e. The van der Waals surface area contributed by atoms with E-state index in [9.17, 15) is 9.59 Å². The van der Waals surface area contributed by atoms with Crippen molar-refractivity contribution in [2.75, 3.05) is 13.2 Å². The maximum atomic E-state index is 12.2. The summed E-state index contributed by atoms with van der Waals surface area (Å²) in [6, 6.07) is 10.4. The molecule has 0 saturated carbocycles. The normalized spacial score (nSPS) is 14.8. The third-order valence-corrected chi connectivity index (χ3v) is 4.59. The van der Waals surface area contributed by atoms with Crippen molar-refractivity contribution in [3.05, 3.63) is 58.1 Å². The highest BCUT2D eigenvalue weighted by atomic mass is 35.5. The molecule has 2 amide bonds. The van der Waals surface area contributed by atoms with Gasteiger partial charge in [0.15, 0.2) is 0 Å². The van der Waals surface area contributed by atoms with Crippen LogP contribution in [0.15, 0.2) is 36.4 Å². The molecule has 3 rings (SSSR count). The number of fused-ring (bicyclic) bond motifs is 1. The minimum absolute atomic E-state index is 0.131. The molecule has 28 heavy (non-hydrogen) atoms. The number of hydrogen-bond donors (Lipinski definition) is 2. The molecule has 0 spiro atoms. The van der Waals surface area contributed by atoms with Gasteiger partial charge in [-0.05, 0) is 44.2 Å². The molecule has 1 heterocycles. The zero-order valence-corrected chi connectivity index (χ0v) is 16.6. The van der Waals surface area contributed by atoms with Gasteiger partial charge in [-0.15, -0.1) is 0 Å². The molecule has 0 bridgehead atoms. The highest BCUT2D eigenvalue weighted by Gasteiger charge is 2.22. The summed E-state index contributed by atoms with van der Waals surface area (Å²) in [7, 11) is 0. The van der Waals surface area contributed by atoms with Crippen LogP contribution >= 0.6 is 11.6 Å². The van der Waals surface area contributed by atoms with Crippen LogP contribution in [0.5, 0.6) is 11.5 Å². The van der Waals surface area contributed by atoms with Crippen LogP contribution in [0, 0.1) is 0 Å². The molecule has 2 aromatic carbocycles. The summed E-state index contributed by atoms with van der Waals surface area (Å²) in [6.45, 7) is 4.62. The summed E-state index contributed by atoms with van der Waals surface area (Å²) in [6.07, 6.45) is 0.980. The second-order valence-electron chi connectivity index (χ2n) is 6.60. The average Bonchev–Trinajstić information content (AvgIpc) is 3.03. The minimum atomic E-state index is -0.354. The second-order valence-corrected chi connectivity index (χ2v) is 7.04. The lowest BCUT2D eigenvalue weighted by Gasteiger charge is -2.13. The maximum absolute atomic E-state index is 12.2. The van der Waals surface area contributed by atoms with Gasteiger partial charge in [-0.3, -0.25) is 9.59 Å². The third-order valence-electron chi connectivity index (χ3n) is 4.35. The van der Waals surface area contributed by atoms with Crippen LogP contribution in [-0.4, -0.2) is 31.1 Å². The van der Waals surface area contributed by atoms with Crippen molar-refractivity contribution in [1.82, 2.24) is 10.6 Å². The lowest BCUT2D eigenvalue weighted by molar-refractivity contribution is -0.120. The molecule has 2 aromatic rings. The van der Waals surface area contributed by atoms with Gasteiger partial charge in [-0.2, -0.15) is 0 Å². The molecule has 0 aromatic heterocycles. The summed E-state index contributed by atoms with van der Waals surface area (Å²) >= 11 is 5.88. The van der Waals surface area contributed by atoms with Crippen LogP contribution in [0.4, 0.5) is 0 Å². The molecule has 0 fully saturated rings. The number of amides is 2. The Bertz CT molecular complexity index is 885. The Hall–Kier alpha value is -2.73. The molecule has 7 heteroatoms. The van der Waals surface area contributed by atoms with Crippen LogP contribution in [0.25, 0.3) is 0 Å². The molecule has 1 aliphatic rings. The number of ether oxygens (including phenoxy) is 2. The van der Waals surface area contributed by atoms with Crippen molar-refractivity contribution in [1.29, 1.82) is 0 Å². The highest BCUT2D eigenvalue weighted by Crippen LogP contribution is 2.35. The van der Waals surface area contributed by atoms with E-state index in [2.05, 4.69) is 10.6 Å². The zero-order chi connectivity index (χ0) is 20.1. The number of carbonyl (C=O) groups excluding carboxylic acids is 2. The molecular weight excluding hydrogens is 380 g/mol.